The van der Waals surface area contributed by atoms with Crippen molar-refractivity contribution in [1.29, 1.82) is 0 Å². The van der Waals surface area contributed by atoms with Gasteiger partial charge in [-0.1, -0.05) is 0 Å². The van der Waals surface area contributed by atoms with Gasteiger partial charge in [-0.3, -0.25) is 4.79 Å². The zero-order valence-electron chi connectivity index (χ0n) is 7.70. The summed E-state index contributed by atoms with van der Waals surface area (Å²) in [6.07, 6.45) is 4.05. The number of imidazole rings is 1. The number of aromatic nitrogens is 2. The molecule has 4 heteroatoms. The molecule has 0 amide bonds. The lowest BCUT2D eigenvalue weighted by Crippen LogP contribution is -2.01. The summed E-state index contributed by atoms with van der Waals surface area (Å²) in [6.45, 7) is 1.57. The summed E-state index contributed by atoms with van der Waals surface area (Å²) in [7, 11) is 0. The van der Waals surface area contributed by atoms with Gasteiger partial charge in [0.05, 0.1) is 18.1 Å². The number of carbonyl (C=O) groups is 1. The van der Waals surface area contributed by atoms with Crippen molar-refractivity contribution in [2.24, 2.45) is 0 Å². The smallest absolute Gasteiger partial charge is 0.137 e. The second-order valence-electron chi connectivity index (χ2n) is 3.16. The van der Waals surface area contributed by atoms with Crippen LogP contribution in [0.5, 0.6) is 0 Å². The Balaban J connectivity index is 2.58. The number of pyridine rings is 1. The minimum Gasteiger partial charge on any atom is -0.302 e. The Hall–Kier alpha value is -1.16. The third-order valence-corrected chi connectivity index (χ3v) is 2.67. The number of ketones is 1. The first-order chi connectivity index (χ1) is 6.68. The molecular formula is C10H9BrN2O. The highest BCUT2D eigenvalue weighted by molar-refractivity contribution is 9.10. The number of nitrogens with zero attached hydrogens (tertiary/aromatic N) is 2. The molecular weight excluding hydrogens is 244 g/mol. The Bertz CT molecular complexity index is 490. The molecule has 0 atom stereocenters. The van der Waals surface area contributed by atoms with Crippen molar-refractivity contribution >= 4 is 27.2 Å². The van der Waals surface area contributed by atoms with Gasteiger partial charge in [0.1, 0.15) is 11.6 Å². The van der Waals surface area contributed by atoms with Gasteiger partial charge >= 0.3 is 0 Å². The van der Waals surface area contributed by atoms with Crippen molar-refractivity contribution in [3.63, 3.8) is 0 Å². The van der Waals surface area contributed by atoms with Gasteiger partial charge in [-0.25, -0.2) is 4.98 Å². The molecule has 0 radical (unpaired) electrons. The average molecular weight is 253 g/mol. The molecule has 0 aromatic carbocycles. The van der Waals surface area contributed by atoms with Crippen LogP contribution in [0.3, 0.4) is 0 Å². The normalized spacial score (nSPS) is 10.7. The lowest BCUT2D eigenvalue weighted by molar-refractivity contribution is -0.116. The van der Waals surface area contributed by atoms with E-state index in [1.165, 1.54) is 0 Å². The summed E-state index contributed by atoms with van der Waals surface area (Å²) in [5.41, 5.74) is 0.990. The fraction of sp³-hybridized carbons (Fsp3) is 0.200. The molecule has 2 aromatic heterocycles. The fourth-order valence-corrected chi connectivity index (χ4v) is 1.84. The Morgan fingerprint density at radius 3 is 3.14 bits per heavy atom. The number of halogens is 1. The van der Waals surface area contributed by atoms with Crippen molar-refractivity contribution in [1.82, 2.24) is 9.38 Å². The molecule has 0 saturated carbocycles. The summed E-state index contributed by atoms with van der Waals surface area (Å²) >= 11 is 3.43. The van der Waals surface area contributed by atoms with Gasteiger partial charge in [-0.05, 0) is 35.0 Å². The molecule has 0 spiro atoms. The quantitative estimate of drug-likeness (QED) is 0.822. The van der Waals surface area contributed by atoms with Gasteiger partial charge in [0, 0.05) is 10.7 Å². The molecule has 0 N–H and O–H groups in total. The number of rotatable bonds is 2. The second kappa shape index (κ2) is 3.53. The van der Waals surface area contributed by atoms with E-state index >= 15 is 0 Å². The van der Waals surface area contributed by atoms with E-state index in [9.17, 15) is 4.79 Å². The van der Waals surface area contributed by atoms with E-state index in [0.29, 0.717) is 6.42 Å². The minimum atomic E-state index is 0.123. The second-order valence-corrected chi connectivity index (χ2v) is 4.02. The highest BCUT2D eigenvalue weighted by Crippen LogP contribution is 2.18. The molecule has 14 heavy (non-hydrogen) atoms. The maximum Gasteiger partial charge on any atom is 0.137 e. The molecule has 0 unspecified atom stereocenters. The van der Waals surface area contributed by atoms with Crippen LogP contribution in [0, 0.1) is 0 Å². The molecule has 0 saturated heterocycles. The van der Waals surface area contributed by atoms with Crippen LogP contribution >= 0.6 is 15.9 Å². The first kappa shape index (κ1) is 9.40. The van der Waals surface area contributed by atoms with Gasteiger partial charge in [0.25, 0.3) is 0 Å². The van der Waals surface area contributed by atoms with Gasteiger partial charge in [0.15, 0.2) is 0 Å². The zero-order valence-corrected chi connectivity index (χ0v) is 9.28. The average Bonchev–Trinajstić information content (AvgIpc) is 2.49. The van der Waals surface area contributed by atoms with Crippen LogP contribution in [0.15, 0.2) is 29.0 Å². The largest absolute Gasteiger partial charge is 0.302 e. The molecule has 2 aromatic rings. The van der Waals surface area contributed by atoms with Gasteiger partial charge in [-0.2, -0.15) is 0 Å². The van der Waals surface area contributed by atoms with Crippen molar-refractivity contribution in [3.05, 3.63) is 34.8 Å². The summed E-state index contributed by atoms with van der Waals surface area (Å²) in [5, 5.41) is 0. The van der Waals surface area contributed by atoms with Crippen molar-refractivity contribution < 1.29 is 4.79 Å². The van der Waals surface area contributed by atoms with Gasteiger partial charge < -0.3 is 4.40 Å². The number of hydrogen-bond acceptors (Lipinski definition) is 2. The fourth-order valence-electron chi connectivity index (χ4n) is 1.39. The molecule has 0 fully saturated rings. The molecule has 3 nitrogen and oxygen atoms in total. The highest BCUT2D eigenvalue weighted by atomic mass is 79.9. The Morgan fingerprint density at radius 2 is 2.43 bits per heavy atom. The van der Waals surface area contributed by atoms with Crippen LogP contribution < -0.4 is 0 Å². The van der Waals surface area contributed by atoms with Gasteiger partial charge in [0.2, 0.25) is 0 Å². The number of carbonyl (C=O) groups excluding carboxylic acids is 1. The van der Waals surface area contributed by atoms with Crippen LogP contribution in [0.4, 0.5) is 0 Å². The van der Waals surface area contributed by atoms with E-state index in [-0.39, 0.29) is 5.78 Å². The van der Waals surface area contributed by atoms with Gasteiger partial charge in [-0.15, -0.1) is 0 Å². The lowest BCUT2D eigenvalue weighted by Gasteiger charge is -1.99. The van der Waals surface area contributed by atoms with E-state index in [2.05, 4.69) is 20.9 Å². The van der Waals surface area contributed by atoms with Crippen LogP contribution in [0.2, 0.25) is 0 Å². The van der Waals surface area contributed by atoms with E-state index in [1.807, 2.05) is 22.7 Å². The van der Waals surface area contributed by atoms with Crippen molar-refractivity contribution in [3.8, 4) is 0 Å². The third kappa shape index (κ3) is 1.57. The molecule has 0 aliphatic carbocycles. The SMILES string of the molecule is CC(=O)Cc1ncc2c(Br)cccn12. The third-order valence-electron chi connectivity index (χ3n) is 2.00. The number of fused-ring (bicyclic) bond motifs is 1. The summed E-state index contributed by atoms with van der Waals surface area (Å²) in [5.74, 6) is 0.909. The summed E-state index contributed by atoms with van der Waals surface area (Å²) in [6, 6.07) is 3.87. The van der Waals surface area contributed by atoms with Crippen molar-refractivity contribution in [2.75, 3.05) is 0 Å². The summed E-state index contributed by atoms with van der Waals surface area (Å²) in [4.78, 5) is 15.2. The standard InChI is InChI=1S/C10H9BrN2O/c1-7(14)5-10-12-6-9-8(11)3-2-4-13(9)10/h2-4,6H,5H2,1H3. The first-order valence-electron chi connectivity index (χ1n) is 4.28. The maximum absolute atomic E-state index is 11.0. The van der Waals surface area contributed by atoms with Crippen molar-refractivity contribution in [2.45, 2.75) is 13.3 Å². The number of hydrogen-bond donors (Lipinski definition) is 0. The molecule has 2 rings (SSSR count). The molecule has 0 aliphatic heterocycles. The van der Waals surface area contributed by atoms with Crippen LogP contribution in [-0.2, 0) is 11.2 Å². The Kier molecular flexibility index (Phi) is 2.37. The van der Waals surface area contributed by atoms with E-state index in [0.717, 1.165) is 15.8 Å². The number of Topliss-reactive ketones (excluding diaryl/α,β-unsaturated/α-hetero) is 1. The topological polar surface area (TPSA) is 34.4 Å². The van der Waals surface area contributed by atoms with Crippen LogP contribution in [-0.4, -0.2) is 15.2 Å². The van der Waals surface area contributed by atoms with E-state index in [4.69, 9.17) is 0 Å². The Morgan fingerprint density at radius 1 is 1.64 bits per heavy atom. The molecule has 2 heterocycles. The Labute approximate surface area is 89.9 Å². The van der Waals surface area contributed by atoms with Crippen LogP contribution in [0.25, 0.3) is 5.52 Å². The molecule has 0 aliphatic rings. The van der Waals surface area contributed by atoms with Crippen LogP contribution in [0.1, 0.15) is 12.7 Å². The predicted molar refractivity (Wildman–Crippen MR) is 57.3 cm³/mol. The molecule has 0 bridgehead atoms. The first-order valence-corrected chi connectivity index (χ1v) is 5.07. The monoisotopic (exact) mass is 252 g/mol. The highest BCUT2D eigenvalue weighted by Gasteiger charge is 2.06. The lowest BCUT2D eigenvalue weighted by atomic mass is 10.3. The van der Waals surface area contributed by atoms with E-state index < -0.39 is 0 Å². The zero-order chi connectivity index (χ0) is 10.1. The maximum atomic E-state index is 11.0. The summed E-state index contributed by atoms with van der Waals surface area (Å²) < 4.78 is 2.91. The minimum absolute atomic E-state index is 0.123. The molecule has 72 valence electrons. The van der Waals surface area contributed by atoms with E-state index in [1.54, 1.807) is 13.1 Å². The predicted octanol–water partition coefficient (Wildman–Crippen LogP) is 2.23.